The summed E-state index contributed by atoms with van der Waals surface area (Å²) >= 11 is 0. The first kappa shape index (κ1) is 18.9. The van der Waals surface area contributed by atoms with E-state index in [1.165, 1.54) is 5.56 Å². The second-order valence-corrected chi connectivity index (χ2v) is 7.96. The lowest BCUT2D eigenvalue weighted by Crippen LogP contribution is -2.53. The third kappa shape index (κ3) is 3.49. The zero-order valence-electron chi connectivity index (χ0n) is 16.3. The lowest BCUT2D eigenvalue weighted by Gasteiger charge is -2.45. The minimum atomic E-state index is -0.173. The Labute approximate surface area is 164 Å². The van der Waals surface area contributed by atoms with Gasteiger partial charge in [-0.2, -0.15) is 0 Å². The summed E-state index contributed by atoms with van der Waals surface area (Å²) in [5.41, 5.74) is 1.85. The molecule has 1 aromatic carbocycles. The minimum absolute atomic E-state index is 0.0186. The topological polar surface area (TPSA) is 95.3 Å². The number of aliphatic hydroxyl groups is 1. The van der Waals surface area contributed by atoms with Crippen LogP contribution in [0.15, 0.2) is 36.5 Å². The van der Waals surface area contributed by atoms with Gasteiger partial charge >= 0.3 is 6.03 Å². The molecule has 2 fully saturated rings. The van der Waals surface area contributed by atoms with Crippen molar-refractivity contribution >= 4 is 6.03 Å². The Morgan fingerprint density at radius 3 is 2.64 bits per heavy atom. The molecule has 0 atom stereocenters. The molecule has 8 heteroatoms. The van der Waals surface area contributed by atoms with E-state index in [-0.39, 0.29) is 23.7 Å². The number of carbonyl (C=O) groups excluding carboxylic acids is 1. The number of hydrogen-bond acceptors (Lipinski definition) is 5. The van der Waals surface area contributed by atoms with Gasteiger partial charge in [0.25, 0.3) is 0 Å². The quantitative estimate of drug-likeness (QED) is 0.696. The zero-order chi connectivity index (χ0) is 19.6. The summed E-state index contributed by atoms with van der Waals surface area (Å²) in [6.45, 7) is 1.56. The van der Waals surface area contributed by atoms with E-state index >= 15 is 0 Å². The fraction of sp³-hybridized carbons (Fsp3) is 0.550. The number of nitrogens with one attached hydrogen (secondary N) is 2. The standard InChI is InChI=1S/C20H28N6O2/c1-21-20(16-5-3-2-4-6-16)9-7-19(8-10-20)15-25(18(28)22-19)13-17-14-26(11-12-27)24-23-17/h2-6,14,21,27H,7-13,15H2,1H3,(H,22,28). The third-order valence-electron chi connectivity index (χ3n) is 6.29. The van der Waals surface area contributed by atoms with Crippen molar-refractivity contribution in [2.75, 3.05) is 20.2 Å². The molecule has 0 radical (unpaired) electrons. The van der Waals surface area contributed by atoms with E-state index in [0.717, 1.165) is 31.4 Å². The van der Waals surface area contributed by atoms with Crippen LogP contribution in [-0.2, 0) is 18.6 Å². The number of aromatic nitrogens is 3. The van der Waals surface area contributed by atoms with Crippen LogP contribution in [0.3, 0.4) is 0 Å². The van der Waals surface area contributed by atoms with Crippen LogP contribution in [0.1, 0.15) is 36.9 Å². The molecule has 2 heterocycles. The average molecular weight is 384 g/mol. The predicted octanol–water partition coefficient (Wildman–Crippen LogP) is 1.22. The maximum Gasteiger partial charge on any atom is 0.318 e. The maximum absolute atomic E-state index is 12.6. The third-order valence-corrected chi connectivity index (χ3v) is 6.29. The first-order valence-corrected chi connectivity index (χ1v) is 9.90. The average Bonchev–Trinajstić information content (AvgIpc) is 3.28. The Hall–Kier alpha value is -2.45. The Kier molecular flexibility index (Phi) is 5.07. The van der Waals surface area contributed by atoms with Gasteiger partial charge in [0, 0.05) is 12.1 Å². The first-order chi connectivity index (χ1) is 13.6. The Morgan fingerprint density at radius 2 is 1.96 bits per heavy atom. The lowest BCUT2D eigenvalue weighted by molar-refractivity contribution is 0.157. The van der Waals surface area contributed by atoms with E-state index in [9.17, 15) is 4.79 Å². The van der Waals surface area contributed by atoms with E-state index in [1.807, 2.05) is 18.0 Å². The van der Waals surface area contributed by atoms with Crippen LogP contribution in [0, 0.1) is 0 Å². The van der Waals surface area contributed by atoms with Crippen LogP contribution in [0.4, 0.5) is 4.79 Å². The van der Waals surface area contributed by atoms with Gasteiger partial charge in [-0.05, 0) is 38.3 Å². The molecule has 3 N–H and O–H groups in total. The molecule has 2 aliphatic rings. The molecule has 1 saturated carbocycles. The molecular formula is C20H28N6O2. The van der Waals surface area contributed by atoms with Gasteiger partial charge < -0.3 is 20.6 Å². The molecule has 1 aromatic heterocycles. The van der Waals surface area contributed by atoms with Crippen LogP contribution < -0.4 is 10.6 Å². The van der Waals surface area contributed by atoms with E-state index in [0.29, 0.717) is 19.6 Å². The number of hydrogen-bond donors (Lipinski definition) is 3. The molecule has 0 bridgehead atoms. The van der Waals surface area contributed by atoms with Crippen molar-refractivity contribution in [2.24, 2.45) is 0 Å². The fourth-order valence-corrected chi connectivity index (χ4v) is 4.61. The number of aliphatic hydroxyl groups excluding tert-OH is 1. The smallest absolute Gasteiger partial charge is 0.318 e. The Balaban J connectivity index is 1.42. The van der Waals surface area contributed by atoms with Gasteiger partial charge in [0.2, 0.25) is 0 Å². The molecule has 150 valence electrons. The highest BCUT2D eigenvalue weighted by molar-refractivity contribution is 5.78. The number of nitrogens with zero attached hydrogens (tertiary/aromatic N) is 4. The van der Waals surface area contributed by atoms with Crippen molar-refractivity contribution in [1.29, 1.82) is 0 Å². The van der Waals surface area contributed by atoms with E-state index < -0.39 is 0 Å². The molecule has 0 unspecified atom stereocenters. The van der Waals surface area contributed by atoms with Crippen LogP contribution >= 0.6 is 0 Å². The highest BCUT2D eigenvalue weighted by atomic mass is 16.3. The largest absolute Gasteiger partial charge is 0.394 e. The molecule has 1 saturated heterocycles. The van der Waals surface area contributed by atoms with Gasteiger partial charge in [-0.1, -0.05) is 35.5 Å². The summed E-state index contributed by atoms with van der Waals surface area (Å²) in [6.07, 6.45) is 5.61. The number of carbonyl (C=O) groups is 1. The molecule has 28 heavy (non-hydrogen) atoms. The second-order valence-electron chi connectivity index (χ2n) is 7.96. The van der Waals surface area contributed by atoms with Gasteiger partial charge in [-0.3, -0.25) is 0 Å². The normalized spacial score (nSPS) is 27.4. The van der Waals surface area contributed by atoms with Gasteiger partial charge in [0.1, 0.15) is 5.69 Å². The summed E-state index contributed by atoms with van der Waals surface area (Å²) in [7, 11) is 2.03. The van der Waals surface area contributed by atoms with Crippen molar-refractivity contribution in [1.82, 2.24) is 30.5 Å². The SMILES string of the molecule is CNC1(c2ccccc2)CCC2(CC1)CN(Cc1cn(CCO)nn1)C(=O)N2. The van der Waals surface area contributed by atoms with Crippen LogP contribution in [0.5, 0.6) is 0 Å². The molecular weight excluding hydrogens is 356 g/mol. The van der Waals surface area contributed by atoms with E-state index in [2.05, 4.69) is 45.2 Å². The van der Waals surface area contributed by atoms with Gasteiger partial charge in [-0.25, -0.2) is 9.48 Å². The molecule has 1 spiro atoms. The summed E-state index contributed by atoms with van der Waals surface area (Å²) in [5.74, 6) is 0. The monoisotopic (exact) mass is 384 g/mol. The number of benzene rings is 1. The molecule has 2 amide bonds. The second kappa shape index (κ2) is 7.52. The highest BCUT2D eigenvalue weighted by Crippen LogP contribution is 2.43. The number of rotatable bonds is 6. The van der Waals surface area contributed by atoms with Crippen LogP contribution in [0.2, 0.25) is 0 Å². The summed E-state index contributed by atoms with van der Waals surface area (Å²) < 4.78 is 1.60. The van der Waals surface area contributed by atoms with Crippen molar-refractivity contribution in [3.63, 3.8) is 0 Å². The molecule has 1 aliphatic carbocycles. The zero-order valence-corrected chi connectivity index (χ0v) is 16.3. The van der Waals surface area contributed by atoms with Crippen molar-refractivity contribution < 1.29 is 9.90 Å². The lowest BCUT2D eigenvalue weighted by atomic mass is 9.69. The Morgan fingerprint density at radius 1 is 1.21 bits per heavy atom. The first-order valence-electron chi connectivity index (χ1n) is 9.90. The molecule has 1 aliphatic heterocycles. The number of urea groups is 1. The summed E-state index contributed by atoms with van der Waals surface area (Å²) in [4.78, 5) is 14.4. The van der Waals surface area contributed by atoms with Crippen molar-refractivity contribution in [3.05, 3.63) is 47.8 Å². The maximum atomic E-state index is 12.6. The Bertz CT molecular complexity index is 813. The number of amides is 2. The summed E-state index contributed by atoms with van der Waals surface area (Å²) in [5, 5.41) is 23.9. The molecule has 8 nitrogen and oxygen atoms in total. The van der Waals surface area contributed by atoms with E-state index in [1.54, 1.807) is 10.9 Å². The molecule has 4 rings (SSSR count). The van der Waals surface area contributed by atoms with Crippen molar-refractivity contribution in [3.8, 4) is 0 Å². The van der Waals surface area contributed by atoms with Crippen LogP contribution in [-0.4, -0.2) is 56.8 Å². The predicted molar refractivity (Wildman–Crippen MR) is 104 cm³/mol. The van der Waals surface area contributed by atoms with Crippen molar-refractivity contribution in [2.45, 2.75) is 49.9 Å². The van der Waals surface area contributed by atoms with Gasteiger partial charge in [0.05, 0.1) is 31.4 Å². The summed E-state index contributed by atoms with van der Waals surface area (Å²) in [6, 6.07) is 10.5. The molecule has 2 aromatic rings. The van der Waals surface area contributed by atoms with Gasteiger partial charge in [0.15, 0.2) is 0 Å². The van der Waals surface area contributed by atoms with Crippen LogP contribution in [0.25, 0.3) is 0 Å². The van der Waals surface area contributed by atoms with E-state index in [4.69, 9.17) is 5.11 Å². The fourth-order valence-electron chi connectivity index (χ4n) is 4.61. The minimum Gasteiger partial charge on any atom is -0.394 e. The highest BCUT2D eigenvalue weighted by Gasteiger charge is 2.48. The van der Waals surface area contributed by atoms with Gasteiger partial charge in [-0.15, -0.1) is 5.10 Å².